The van der Waals surface area contributed by atoms with Gasteiger partial charge in [-0.05, 0) is 42.5 Å². The highest BCUT2D eigenvalue weighted by Gasteiger charge is 2.18. The van der Waals surface area contributed by atoms with E-state index in [0.29, 0.717) is 24.4 Å². The Morgan fingerprint density at radius 1 is 1.12 bits per heavy atom. The number of nitrogens with one attached hydrogen (secondary N) is 2. The molecule has 2 N–H and O–H groups in total. The van der Waals surface area contributed by atoms with Crippen LogP contribution in [0.2, 0.25) is 10.0 Å². The predicted molar refractivity (Wildman–Crippen MR) is 97.9 cm³/mol. The van der Waals surface area contributed by atoms with Gasteiger partial charge in [-0.1, -0.05) is 23.2 Å². The largest absolute Gasteiger partial charge is 0.383 e. The quantitative estimate of drug-likeness (QED) is 0.696. The first-order chi connectivity index (χ1) is 11.8. The van der Waals surface area contributed by atoms with E-state index in [1.54, 1.807) is 7.11 Å². The van der Waals surface area contributed by atoms with Crippen molar-refractivity contribution in [3.63, 3.8) is 0 Å². The third kappa shape index (κ3) is 5.34. The molecule has 0 saturated carbocycles. The van der Waals surface area contributed by atoms with Crippen molar-refractivity contribution in [3.8, 4) is 0 Å². The van der Waals surface area contributed by atoms with Crippen molar-refractivity contribution in [1.82, 2.24) is 5.32 Å². The molecular weight excluding hydrogens is 387 g/mol. The maximum absolute atomic E-state index is 12.4. The molecule has 2 aromatic carbocycles. The summed E-state index contributed by atoms with van der Waals surface area (Å²) >= 11 is 11.8. The third-order valence-electron chi connectivity index (χ3n) is 3.17. The van der Waals surface area contributed by atoms with E-state index in [2.05, 4.69) is 10.0 Å². The maximum Gasteiger partial charge on any atom is 0.263 e. The van der Waals surface area contributed by atoms with Crippen LogP contribution in [0.25, 0.3) is 0 Å². The average molecular weight is 403 g/mol. The first kappa shape index (κ1) is 19.5. The van der Waals surface area contributed by atoms with Gasteiger partial charge in [0.1, 0.15) is 4.90 Å². The molecule has 0 radical (unpaired) electrons. The summed E-state index contributed by atoms with van der Waals surface area (Å²) in [7, 11) is -2.36. The smallest absolute Gasteiger partial charge is 0.263 e. The molecule has 25 heavy (non-hydrogen) atoms. The fourth-order valence-electron chi connectivity index (χ4n) is 1.95. The number of carbonyl (C=O) groups is 1. The number of hydrogen-bond acceptors (Lipinski definition) is 4. The number of anilines is 1. The van der Waals surface area contributed by atoms with Gasteiger partial charge in [-0.3, -0.25) is 9.52 Å². The topological polar surface area (TPSA) is 84.5 Å². The van der Waals surface area contributed by atoms with Crippen LogP contribution in [0.3, 0.4) is 0 Å². The lowest BCUT2D eigenvalue weighted by molar-refractivity contribution is 0.0937. The molecule has 0 aliphatic heterocycles. The zero-order valence-electron chi connectivity index (χ0n) is 13.3. The van der Waals surface area contributed by atoms with Crippen molar-refractivity contribution in [2.24, 2.45) is 0 Å². The van der Waals surface area contributed by atoms with Crippen LogP contribution in [-0.2, 0) is 14.8 Å². The molecule has 2 rings (SSSR count). The maximum atomic E-state index is 12.4. The summed E-state index contributed by atoms with van der Waals surface area (Å²) in [6.45, 7) is 0.793. The fraction of sp³-hybridized carbons (Fsp3) is 0.188. The first-order valence-electron chi connectivity index (χ1n) is 7.18. The number of amides is 1. The monoisotopic (exact) mass is 402 g/mol. The fourth-order valence-corrected chi connectivity index (χ4v) is 3.77. The van der Waals surface area contributed by atoms with Crippen molar-refractivity contribution < 1.29 is 17.9 Å². The number of halogens is 2. The highest BCUT2D eigenvalue weighted by atomic mass is 35.5. The summed E-state index contributed by atoms with van der Waals surface area (Å²) in [5, 5.41) is 2.99. The molecule has 134 valence electrons. The van der Waals surface area contributed by atoms with Gasteiger partial charge >= 0.3 is 0 Å². The molecule has 0 heterocycles. The third-order valence-corrected chi connectivity index (χ3v) is 5.27. The summed E-state index contributed by atoms with van der Waals surface area (Å²) in [4.78, 5) is 11.8. The van der Waals surface area contributed by atoms with Crippen LogP contribution in [0.1, 0.15) is 10.4 Å². The van der Waals surface area contributed by atoms with Gasteiger partial charge in [0.25, 0.3) is 15.9 Å². The lowest BCUT2D eigenvalue weighted by Crippen LogP contribution is -2.26. The molecule has 0 aliphatic carbocycles. The Hall–Kier alpha value is -1.80. The highest BCUT2D eigenvalue weighted by Crippen LogP contribution is 2.26. The zero-order chi connectivity index (χ0) is 18.4. The molecule has 0 atom stereocenters. The molecule has 9 heteroatoms. The summed E-state index contributed by atoms with van der Waals surface area (Å²) < 4.78 is 32.1. The SMILES string of the molecule is COCCNC(=O)c1ccc(NS(=O)(=O)c2cc(Cl)ccc2Cl)cc1. The van der Waals surface area contributed by atoms with Gasteiger partial charge in [0, 0.05) is 29.9 Å². The summed E-state index contributed by atoms with van der Waals surface area (Å²) in [6, 6.07) is 10.2. The summed E-state index contributed by atoms with van der Waals surface area (Å²) in [6.07, 6.45) is 0. The second kappa shape index (κ2) is 8.53. The second-order valence-corrected chi connectivity index (χ2v) is 7.50. The number of methoxy groups -OCH3 is 1. The second-order valence-electron chi connectivity index (χ2n) is 5.01. The first-order valence-corrected chi connectivity index (χ1v) is 9.42. The Bertz CT molecular complexity index is 855. The lowest BCUT2D eigenvalue weighted by Gasteiger charge is -2.10. The van der Waals surface area contributed by atoms with Crippen LogP contribution in [0.5, 0.6) is 0 Å². The van der Waals surface area contributed by atoms with Crippen molar-refractivity contribution in [1.29, 1.82) is 0 Å². The van der Waals surface area contributed by atoms with Crippen molar-refractivity contribution in [2.45, 2.75) is 4.90 Å². The van der Waals surface area contributed by atoms with E-state index in [1.807, 2.05) is 0 Å². The molecule has 0 saturated heterocycles. The van der Waals surface area contributed by atoms with Crippen molar-refractivity contribution in [2.75, 3.05) is 25.0 Å². The van der Waals surface area contributed by atoms with Gasteiger partial charge in [0.2, 0.25) is 0 Å². The molecule has 0 spiro atoms. The van der Waals surface area contributed by atoms with Gasteiger partial charge in [-0.15, -0.1) is 0 Å². The molecule has 0 bridgehead atoms. The number of benzene rings is 2. The number of carbonyl (C=O) groups excluding carboxylic acids is 1. The molecule has 6 nitrogen and oxygen atoms in total. The van der Waals surface area contributed by atoms with Crippen LogP contribution in [0.15, 0.2) is 47.4 Å². The van der Waals surface area contributed by atoms with E-state index in [4.69, 9.17) is 27.9 Å². The molecular formula is C16H16Cl2N2O4S. The van der Waals surface area contributed by atoms with Crippen molar-refractivity contribution in [3.05, 3.63) is 58.1 Å². The zero-order valence-corrected chi connectivity index (χ0v) is 15.6. The van der Waals surface area contributed by atoms with E-state index in [0.717, 1.165) is 0 Å². The summed E-state index contributed by atoms with van der Waals surface area (Å²) in [5.74, 6) is -0.274. The van der Waals surface area contributed by atoms with Gasteiger partial charge in [-0.25, -0.2) is 8.42 Å². The van der Waals surface area contributed by atoms with Gasteiger partial charge < -0.3 is 10.1 Å². The molecule has 0 aliphatic rings. The Balaban J connectivity index is 2.12. The Kier molecular flexibility index (Phi) is 6.66. The molecule has 0 fully saturated rings. The molecule has 0 aromatic heterocycles. The van der Waals surface area contributed by atoms with Crippen LogP contribution in [-0.4, -0.2) is 34.6 Å². The predicted octanol–water partition coefficient (Wildman–Crippen LogP) is 3.17. The Labute approximate surface area is 156 Å². The lowest BCUT2D eigenvalue weighted by atomic mass is 10.2. The van der Waals surface area contributed by atoms with Crippen LogP contribution >= 0.6 is 23.2 Å². The van der Waals surface area contributed by atoms with Gasteiger partial charge in [0.05, 0.1) is 11.6 Å². The highest BCUT2D eigenvalue weighted by molar-refractivity contribution is 7.92. The van der Waals surface area contributed by atoms with E-state index < -0.39 is 10.0 Å². The van der Waals surface area contributed by atoms with E-state index in [-0.39, 0.29) is 20.8 Å². The number of hydrogen-bond donors (Lipinski definition) is 2. The van der Waals surface area contributed by atoms with E-state index >= 15 is 0 Å². The molecule has 1 amide bonds. The van der Waals surface area contributed by atoms with Crippen LogP contribution < -0.4 is 10.0 Å². The normalized spacial score (nSPS) is 11.2. The van der Waals surface area contributed by atoms with E-state index in [9.17, 15) is 13.2 Å². The molecule has 0 unspecified atom stereocenters. The minimum Gasteiger partial charge on any atom is -0.383 e. The van der Waals surface area contributed by atoms with Gasteiger partial charge in [-0.2, -0.15) is 0 Å². The standard InChI is InChI=1S/C16H16Cl2N2O4S/c1-24-9-8-19-16(21)11-2-5-13(6-3-11)20-25(22,23)15-10-12(17)4-7-14(15)18/h2-7,10,20H,8-9H2,1H3,(H,19,21). The number of ether oxygens (including phenoxy) is 1. The number of rotatable bonds is 7. The van der Waals surface area contributed by atoms with Gasteiger partial charge in [0.15, 0.2) is 0 Å². The minimum atomic E-state index is -3.90. The Morgan fingerprint density at radius 3 is 2.44 bits per heavy atom. The van der Waals surface area contributed by atoms with Crippen LogP contribution in [0, 0.1) is 0 Å². The van der Waals surface area contributed by atoms with E-state index in [1.165, 1.54) is 42.5 Å². The van der Waals surface area contributed by atoms with Crippen molar-refractivity contribution >= 4 is 44.8 Å². The summed E-state index contributed by atoms with van der Waals surface area (Å²) in [5.41, 5.74) is 0.698. The molecule has 2 aromatic rings. The van der Waals surface area contributed by atoms with Crippen LogP contribution in [0.4, 0.5) is 5.69 Å². The Morgan fingerprint density at radius 2 is 1.80 bits per heavy atom. The minimum absolute atomic E-state index is 0.0611. The number of sulfonamides is 1. The average Bonchev–Trinajstić information content (AvgIpc) is 2.57.